The number of hydrogen-bond donors (Lipinski definition) is 4. The number of nitrogens with one attached hydrogen (secondary N) is 4. The Kier molecular flexibility index (Phi) is 11.0. The lowest BCUT2D eigenvalue weighted by Crippen LogP contribution is -2.53. The highest BCUT2D eigenvalue weighted by molar-refractivity contribution is 6.05. The van der Waals surface area contributed by atoms with Gasteiger partial charge in [-0.05, 0) is 61.6 Å². The van der Waals surface area contributed by atoms with Crippen molar-refractivity contribution in [1.82, 2.24) is 25.9 Å². The lowest BCUT2D eigenvalue weighted by Gasteiger charge is -2.26. The average molecular weight is 656 g/mol. The van der Waals surface area contributed by atoms with Gasteiger partial charge in [-0.15, -0.1) is 0 Å². The molecule has 0 saturated carbocycles. The number of rotatable bonds is 14. The van der Waals surface area contributed by atoms with E-state index in [1.807, 2.05) is 32.0 Å². The van der Waals surface area contributed by atoms with Crippen molar-refractivity contribution in [3.8, 4) is 5.75 Å². The molecule has 12 nitrogen and oxygen atoms in total. The lowest BCUT2D eigenvalue weighted by molar-refractivity contribution is -0.131. The lowest BCUT2D eigenvalue weighted by atomic mass is 9.91. The van der Waals surface area contributed by atoms with Gasteiger partial charge in [0.15, 0.2) is 12.4 Å². The summed E-state index contributed by atoms with van der Waals surface area (Å²) in [5, 5.41) is 10.6. The van der Waals surface area contributed by atoms with E-state index in [1.54, 1.807) is 43.6 Å². The first-order chi connectivity index (χ1) is 23.1. The minimum Gasteiger partial charge on any atom is -0.496 e. The normalized spacial score (nSPS) is 15.8. The molecule has 2 aromatic heterocycles. The van der Waals surface area contributed by atoms with Crippen LogP contribution in [0.25, 0.3) is 21.7 Å². The number of aromatic amines is 1. The first-order valence-electron chi connectivity index (χ1n) is 16.2. The number of Topliss-reactive ketones (excluding diaryl/α,β-unsaturated/α-hetero) is 1. The Bertz CT molecular complexity index is 1810. The second-order valence-corrected chi connectivity index (χ2v) is 12.5. The average Bonchev–Trinajstić information content (AvgIpc) is 3.54. The van der Waals surface area contributed by atoms with E-state index in [0.717, 1.165) is 17.2 Å². The van der Waals surface area contributed by atoms with Crippen LogP contribution < -0.4 is 20.7 Å². The minimum absolute atomic E-state index is 0.0270. The molecule has 3 heterocycles. The summed E-state index contributed by atoms with van der Waals surface area (Å²) < 4.78 is 10.8. The Morgan fingerprint density at radius 2 is 1.81 bits per heavy atom. The van der Waals surface area contributed by atoms with Gasteiger partial charge in [-0.3, -0.25) is 24.2 Å². The molecule has 0 spiro atoms. The minimum atomic E-state index is -1.06. The van der Waals surface area contributed by atoms with Gasteiger partial charge in [0.2, 0.25) is 11.8 Å². The Morgan fingerprint density at radius 1 is 1.00 bits per heavy atom. The highest BCUT2D eigenvalue weighted by Gasteiger charge is 2.31. The summed E-state index contributed by atoms with van der Waals surface area (Å²) >= 11 is 0. The van der Waals surface area contributed by atoms with Crippen LogP contribution in [0.1, 0.15) is 66.8 Å². The zero-order chi connectivity index (χ0) is 34.2. The molecule has 1 saturated heterocycles. The van der Waals surface area contributed by atoms with Crippen molar-refractivity contribution in [2.75, 3.05) is 20.3 Å². The van der Waals surface area contributed by atoms with Crippen molar-refractivity contribution in [2.24, 2.45) is 11.8 Å². The summed E-state index contributed by atoms with van der Waals surface area (Å²) in [5.41, 5.74) is 1.17. The fourth-order valence-electron chi connectivity index (χ4n) is 6.03. The molecule has 252 valence electrons. The van der Waals surface area contributed by atoms with Crippen molar-refractivity contribution in [3.05, 3.63) is 72.2 Å². The molecule has 0 aliphatic carbocycles. The molecule has 0 bridgehead atoms. The van der Waals surface area contributed by atoms with Crippen molar-refractivity contribution in [3.63, 3.8) is 0 Å². The SMILES string of the molecule is COc1cccc2[nH]c(C(=O)N[C@@H](CC(C)C)C(=O)N[C@@H](CC[C@@H]3CCCNC3=O)C(=O)COC(=O)c3cncc4ccccc34)cc12. The van der Waals surface area contributed by atoms with Gasteiger partial charge in [-0.2, -0.15) is 0 Å². The molecule has 3 amide bonds. The van der Waals surface area contributed by atoms with E-state index in [1.165, 1.54) is 6.20 Å². The van der Waals surface area contributed by atoms with Gasteiger partial charge in [-0.25, -0.2) is 4.79 Å². The third-order valence-corrected chi connectivity index (χ3v) is 8.56. The number of nitrogens with zero attached hydrogens (tertiary/aromatic N) is 1. The molecular weight excluding hydrogens is 614 g/mol. The predicted octanol–water partition coefficient (Wildman–Crippen LogP) is 4.09. The molecular formula is C36H41N5O7. The number of esters is 1. The number of methoxy groups -OCH3 is 1. The molecule has 4 aromatic rings. The Morgan fingerprint density at radius 3 is 2.58 bits per heavy atom. The van der Waals surface area contributed by atoms with Gasteiger partial charge in [0.25, 0.3) is 5.91 Å². The fourth-order valence-corrected chi connectivity index (χ4v) is 6.03. The van der Waals surface area contributed by atoms with Gasteiger partial charge in [-0.1, -0.05) is 44.2 Å². The maximum Gasteiger partial charge on any atom is 0.340 e. The summed E-state index contributed by atoms with van der Waals surface area (Å²) in [4.78, 5) is 73.4. The highest BCUT2D eigenvalue weighted by atomic mass is 16.5. The number of hydrogen-bond acceptors (Lipinski definition) is 8. The number of aromatic nitrogens is 2. The number of piperidine rings is 1. The van der Waals surface area contributed by atoms with Gasteiger partial charge >= 0.3 is 5.97 Å². The first-order valence-corrected chi connectivity index (χ1v) is 16.2. The molecule has 1 fully saturated rings. The van der Waals surface area contributed by atoms with Crippen LogP contribution in [0.3, 0.4) is 0 Å². The summed E-state index contributed by atoms with van der Waals surface area (Å²) in [5.74, 6) is -2.06. The molecule has 1 aliphatic rings. The van der Waals surface area contributed by atoms with Crippen LogP contribution in [-0.2, 0) is 19.1 Å². The zero-order valence-electron chi connectivity index (χ0n) is 27.3. The number of carbonyl (C=O) groups excluding carboxylic acids is 5. The molecule has 4 N–H and O–H groups in total. The Labute approximate surface area is 278 Å². The number of pyridine rings is 1. The van der Waals surface area contributed by atoms with Crippen LogP contribution in [0.2, 0.25) is 0 Å². The molecule has 0 radical (unpaired) electrons. The van der Waals surface area contributed by atoms with E-state index in [9.17, 15) is 24.0 Å². The number of fused-ring (bicyclic) bond motifs is 2. The van der Waals surface area contributed by atoms with Gasteiger partial charge in [0.05, 0.1) is 18.7 Å². The van der Waals surface area contributed by atoms with E-state index < -0.39 is 42.3 Å². The van der Waals surface area contributed by atoms with Crippen LogP contribution in [0.15, 0.2) is 60.9 Å². The number of benzene rings is 2. The van der Waals surface area contributed by atoms with Gasteiger partial charge in [0, 0.05) is 41.1 Å². The molecule has 48 heavy (non-hydrogen) atoms. The molecule has 0 unspecified atom stereocenters. The van der Waals surface area contributed by atoms with E-state index in [0.29, 0.717) is 42.5 Å². The van der Waals surface area contributed by atoms with Crippen LogP contribution in [0.4, 0.5) is 0 Å². The first kappa shape index (κ1) is 34.1. The quantitative estimate of drug-likeness (QED) is 0.147. The third kappa shape index (κ3) is 8.17. The van der Waals surface area contributed by atoms with E-state index in [-0.39, 0.29) is 35.4 Å². The highest BCUT2D eigenvalue weighted by Crippen LogP contribution is 2.26. The number of ketones is 1. The number of amides is 3. The monoisotopic (exact) mass is 655 g/mol. The van der Waals surface area contributed by atoms with Crippen LogP contribution in [-0.4, -0.2) is 71.8 Å². The topological polar surface area (TPSA) is 169 Å². The molecule has 2 aromatic carbocycles. The summed E-state index contributed by atoms with van der Waals surface area (Å²) in [7, 11) is 1.55. The number of ether oxygens (including phenoxy) is 2. The van der Waals surface area contributed by atoms with Crippen molar-refractivity contribution in [2.45, 2.75) is 58.0 Å². The zero-order valence-corrected chi connectivity index (χ0v) is 27.3. The van der Waals surface area contributed by atoms with Crippen molar-refractivity contribution in [1.29, 1.82) is 0 Å². The van der Waals surface area contributed by atoms with Crippen LogP contribution >= 0.6 is 0 Å². The van der Waals surface area contributed by atoms with E-state index in [2.05, 4.69) is 25.9 Å². The largest absolute Gasteiger partial charge is 0.496 e. The molecule has 5 rings (SSSR count). The number of H-pyrrole nitrogens is 1. The van der Waals surface area contributed by atoms with E-state index in [4.69, 9.17) is 9.47 Å². The maximum atomic E-state index is 13.8. The molecule has 3 atom stereocenters. The van der Waals surface area contributed by atoms with Gasteiger partial charge < -0.3 is 30.4 Å². The predicted molar refractivity (Wildman–Crippen MR) is 179 cm³/mol. The maximum absolute atomic E-state index is 13.8. The standard InChI is InChI=1S/C36H41N5O7/c1-21(2)16-29(41-35(45)30-17-25-27(39-30)11-6-12-32(25)47-3)34(44)40-28(14-13-22-9-7-15-38-33(22)43)31(42)20-48-36(46)26-19-37-18-23-8-4-5-10-24(23)26/h4-6,8,10-12,17-19,21-22,28-29,39H,7,9,13-16,20H2,1-3H3,(H,38,43)(H,40,44)(H,41,45)/t22-,28-,29-/m0/s1. The van der Waals surface area contributed by atoms with E-state index >= 15 is 0 Å². The summed E-state index contributed by atoms with van der Waals surface area (Å²) in [6.45, 7) is 3.85. The Hall–Kier alpha value is -5.26. The van der Waals surface area contributed by atoms with Crippen molar-refractivity contribution < 1.29 is 33.4 Å². The van der Waals surface area contributed by atoms with Crippen molar-refractivity contribution >= 4 is 51.1 Å². The van der Waals surface area contributed by atoms with Gasteiger partial charge in [0.1, 0.15) is 17.5 Å². The molecule has 12 heteroatoms. The van der Waals surface area contributed by atoms with Crippen LogP contribution in [0, 0.1) is 11.8 Å². The second kappa shape index (κ2) is 15.6. The third-order valence-electron chi connectivity index (χ3n) is 8.56. The second-order valence-electron chi connectivity index (χ2n) is 12.5. The summed E-state index contributed by atoms with van der Waals surface area (Å²) in [6, 6.07) is 12.2. The molecule has 1 aliphatic heterocycles. The smallest absolute Gasteiger partial charge is 0.340 e. The summed E-state index contributed by atoms with van der Waals surface area (Å²) in [6.07, 6.45) is 5.31. The Balaban J connectivity index is 1.31. The van der Waals surface area contributed by atoms with Crippen LogP contribution in [0.5, 0.6) is 5.75 Å². The number of carbonyl (C=O) groups is 5. The fraction of sp³-hybridized carbons (Fsp3) is 0.389.